The fourth-order valence-electron chi connectivity index (χ4n) is 3.64. The van der Waals surface area contributed by atoms with Crippen LogP contribution in [0.25, 0.3) is 11.5 Å². The number of rotatable bonds is 6. The van der Waals surface area contributed by atoms with Crippen LogP contribution in [0.1, 0.15) is 5.89 Å². The van der Waals surface area contributed by atoms with Crippen molar-refractivity contribution in [3.8, 4) is 11.5 Å². The second-order valence-corrected chi connectivity index (χ2v) is 22.4. The summed E-state index contributed by atoms with van der Waals surface area (Å²) in [5.41, 5.74) is 0.792. The number of sulfone groups is 1. The van der Waals surface area contributed by atoms with Crippen molar-refractivity contribution in [3.63, 3.8) is 0 Å². The van der Waals surface area contributed by atoms with Gasteiger partial charge in [0, 0.05) is 10.1 Å². The molecule has 0 atom stereocenters. The third kappa shape index (κ3) is 4.43. The lowest BCUT2D eigenvalue weighted by molar-refractivity contribution is 0.518. The van der Waals surface area contributed by atoms with Gasteiger partial charge in [0.2, 0.25) is 11.8 Å². The Bertz CT molecular complexity index is 777. The lowest BCUT2D eigenvalue weighted by Gasteiger charge is -2.37. The first kappa shape index (κ1) is 19.1. The van der Waals surface area contributed by atoms with E-state index in [0.29, 0.717) is 5.89 Å². The van der Waals surface area contributed by atoms with Gasteiger partial charge in [-0.1, -0.05) is 57.5 Å². The van der Waals surface area contributed by atoms with Crippen molar-refractivity contribution in [2.75, 3.05) is 0 Å². The van der Waals surface area contributed by atoms with Gasteiger partial charge in [0.15, 0.2) is 9.84 Å². The molecule has 0 aliphatic heterocycles. The molecule has 0 bridgehead atoms. The molecule has 0 N–H and O–H groups in total. The molecule has 8 heteroatoms. The SMILES string of the molecule is C[Si](C)(C)C([Si](C)(C)C)S(=O)(=O)Cc1nnc(-c2ccccc2)o1. The molecular formula is C16H26N2O3SSi2. The third-order valence-electron chi connectivity index (χ3n) is 3.74. The molecular weight excluding hydrogens is 356 g/mol. The number of nitrogens with zero attached hydrogens (tertiary/aromatic N) is 2. The summed E-state index contributed by atoms with van der Waals surface area (Å²) in [5.74, 6) is 0.361. The van der Waals surface area contributed by atoms with E-state index < -0.39 is 26.0 Å². The summed E-state index contributed by atoms with van der Waals surface area (Å²) in [4.78, 5) is 0. The lowest BCUT2D eigenvalue weighted by atomic mass is 10.2. The van der Waals surface area contributed by atoms with Crippen LogP contribution in [0.5, 0.6) is 0 Å². The molecule has 1 aromatic carbocycles. The van der Waals surface area contributed by atoms with Gasteiger partial charge in [-0.15, -0.1) is 10.2 Å². The van der Waals surface area contributed by atoms with E-state index in [0.717, 1.165) is 5.56 Å². The zero-order valence-electron chi connectivity index (χ0n) is 15.2. The van der Waals surface area contributed by atoms with Gasteiger partial charge in [-0.25, -0.2) is 8.42 Å². The molecule has 0 amide bonds. The highest BCUT2D eigenvalue weighted by Gasteiger charge is 2.46. The summed E-state index contributed by atoms with van der Waals surface area (Å²) in [5, 5.41) is 7.96. The molecule has 0 aliphatic carbocycles. The molecule has 132 valence electrons. The van der Waals surface area contributed by atoms with Crippen molar-refractivity contribution in [2.45, 2.75) is 49.5 Å². The van der Waals surface area contributed by atoms with Gasteiger partial charge in [0.25, 0.3) is 0 Å². The molecule has 0 aliphatic rings. The van der Waals surface area contributed by atoms with E-state index in [4.69, 9.17) is 4.42 Å². The first-order valence-electron chi connectivity index (χ1n) is 8.00. The molecule has 1 aromatic heterocycles. The number of aromatic nitrogens is 2. The second-order valence-electron chi connectivity index (χ2n) is 8.29. The van der Waals surface area contributed by atoms with E-state index in [1.165, 1.54) is 0 Å². The molecule has 0 radical (unpaired) electrons. The van der Waals surface area contributed by atoms with Gasteiger partial charge in [-0.2, -0.15) is 0 Å². The van der Waals surface area contributed by atoms with Crippen LogP contribution in [-0.4, -0.2) is 39.3 Å². The average molecular weight is 383 g/mol. The minimum Gasteiger partial charge on any atom is -0.420 e. The number of benzene rings is 1. The standard InChI is InChI=1S/C16H26N2O3SSi2/c1-23(2,3)16(24(4,5)6)22(19,20)12-14-17-18-15(21-14)13-10-8-7-9-11-13/h7-11,16H,12H2,1-6H3. The maximum atomic E-state index is 13.1. The van der Waals surface area contributed by atoms with E-state index in [1.807, 2.05) is 30.3 Å². The summed E-state index contributed by atoms with van der Waals surface area (Å²) < 4.78 is 31.5. The van der Waals surface area contributed by atoms with Crippen molar-refractivity contribution >= 4 is 26.0 Å². The van der Waals surface area contributed by atoms with Crippen LogP contribution in [0.3, 0.4) is 0 Å². The molecule has 0 saturated heterocycles. The maximum Gasteiger partial charge on any atom is 0.247 e. The van der Waals surface area contributed by atoms with Crippen LogP contribution in [0, 0.1) is 0 Å². The molecule has 0 unspecified atom stereocenters. The summed E-state index contributed by atoms with van der Waals surface area (Å²) in [6.07, 6.45) is 0. The topological polar surface area (TPSA) is 73.1 Å². The van der Waals surface area contributed by atoms with Crippen LogP contribution < -0.4 is 0 Å². The van der Waals surface area contributed by atoms with E-state index >= 15 is 0 Å². The Morgan fingerprint density at radius 1 is 0.958 bits per heavy atom. The van der Waals surface area contributed by atoms with Crippen LogP contribution >= 0.6 is 0 Å². The monoisotopic (exact) mass is 382 g/mol. The van der Waals surface area contributed by atoms with E-state index in [9.17, 15) is 8.42 Å². The normalized spacial score (nSPS) is 13.5. The van der Waals surface area contributed by atoms with Gasteiger partial charge >= 0.3 is 0 Å². The van der Waals surface area contributed by atoms with Gasteiger partial charge in [-0.3, -0.25) is 0 Å². The predicted octanol–water partition coefficient (Wildman–Crippen LogP) is 3.77. The number of hydrogen-bond donors (Lipinski definition) is 0. The van der Waals surface area contributed by atoms with Crippen molar-refractivity contribution in [3.05, 3.63) is 36.2 Å². The van der Waals surface area contributed by atoms with Crippen LogP contribution in [0.2, 0.25) is 39.3 Å². The van der Waals surface area contributed by atoms with Gasteiger partial charge in [0.1, 0.15) is 5.75 Å². The first-order valence-corrected chi connectivity index (χ1v) is 16.9. The lowest BCUT2D eigenvalue weighted by Crippen LogP contribution is -2.58. The largest absolute Gasteiger partial charge is 0.420 e. The Labute approximate surface area is 146 Å². The van der Waals surface area contributed by atoms with Crippen molar-refractivity contribution < 1.29 is 12.8 Å². The Kier molecular flexibility index (Phi) is 5.22. The first-order chi connectivity index (χ1) is 10.9. The summed E-state index contributed by atoms with van der Waals surface area (Å²) >= 11 is 0. The summed E-state index contributed by atoms with van der Waals surface area (Å²) in [6, 6.07) is 9.37. The Morgan fingerprint density at radius 3 is 2.00 bits per heavy atom. The van der Waals surface area contributed by atoms with Crippen molar-refractivity contribution in [1.29, 1.82) is 0 Å². The fraction of sp³-hybridized carbons (Fsp3) is 0.500. The molecule has 24 heavy (non-hydrogen) atoms. The minimum atomic E-state index is -3.33. The fourth-order valence-corrected chi connectivity index (χ4v) is 23.8. The summed E-state index contributed by atoms with van der Waals surface area (Å²) in [6.45, 7) is 12.7. The molecule has 0 saturated carbocycles. The molecule has 0 spiro atoms. The Balaban J connectivity index is 2.31. The van der Waals surface area contributed by atoms with Crippen LogP contribution in [0.4, 0.5) is 0 Å². The van der Waals surface area contributed by atoms with E-state index in [2.05, 4.69) is 49.5 Å². The highest BCUT2D eigenvalue weighted by molar-refractivity contribution is 7.95. The smallest absolute Gasteiger partial charge is 0.247 e. The second kappa shape index (κ2) is 6.57. The molecule has 1 heterocycles. The predicted molar refractivity (Wildman–Crippen MR) is 103 cm³/mol. The molecule has 2 aromatic rings. The Morgan fingerprint density at radius 2 is 1.50 bits per heavy atom. The third-order valence-corrected chi connectivity index (χ3v) is 19.9. The van der Waals surface area contributed by atoms with Crippen molar-refractivity contribution in [2.24, 2.45) is 0 Å². The zero-order chi connectivity index (χ0) is 18.2. The quantitative estimate of drug-likeness (QED) is 0.711. The molecule has 2 rings (SSSR count). The van der Waals surface area contributed by atoms with E-state index in [1.54, 1.807) is 0 Å². The van der Waals surface area contributed by atoms with Gasteiger partial charge in [-0.05, 0) is 12.1 Å². The van der Waals surface area contributed by atoms with Crippen LogP contribution in [0.15, 0.2) is 34.7 Å². The van der Waals surface area contributed by atoms with Crippen LogP contribution in [-0.2, 0) is 15.6 Å². The molecule has 5 nitrogen and oxygen atoms in total. The number of hydrogen-bond acceptors (Lipinski definition) is 5. The van der Waals surface area contributed by atoms with Crippen molar-refractivity contribution in [1.82, 2.24) is 10.2 Å². The minimum absolute atomic E-state index is 0.175. The molecule has 0 fully saturated rings. The Hall–Kier alpha value is -1.26. The highest BCUT2D eigenvalue weighted by Crippen LogP contribution is 2.29. The van der Waals surface area contributed by atoms with E-state index in [-0.39, 0.29) is 16.1 Å². The zero-order valence-corrected chi connectivity index (χ0v) is 18.0. The average Bonchev–Trinajstić information content (AvgIpc) is 2.83. The van der Waals surface area contributed by atoms with Gasteiger partial charge in [0.05, 0.1) is 16.1 Å². The maximum absolute atomic E-state index is 13.1. The highest BCUT2D eigenvalue weighted by atomic mass is 32.2. The summed E-state index contributed by atoms with van der Waals surface area (Å²) in [7, 11) is -7.10. The van der Waals surface area contributed by atoms with Gasteiger partial charge < -0.3 is 4.42 Å².